The molecular formula is C37H54N2O9. The number of hydrogen-bond acceptors (Lipinski definition) is 10. The van der Waals surface area contributed by atoms with E-state index < -0.39 is 17.7 Å². The molecule has 1 heterocycles. The number of oxime groups is 1. The van der Waals surface area contributed by atoms with Gasteiger partial charge in [0.1, 0.15) is 24.1 Å². The third-order valence-electron chi connectivity index (χ3n) is 10.3. The molecule has 2 fully saturated rings. The summed E-state index contributed by atoms with van der Waals surface area (Å²) in [6.07, 6.45) is 10.7. The molecule has 11 nitrogen and oxygen atoms in total. The highest BCUT2D eigenvalue weighted by Gasteiger charge is 2.65. The van der Waals surface area contributed by atoms with Crippen LogP contribution in [0.25, 0.3) is 0 Å². The van der Waals surface area contributed by atoms with Crippen LogP contribution in [0.5, 0.6) is 11.5 Å². The van der Waals surface area contributed by atoms with Crippen LogP contribution in [0.2, 0.25) is 0 Å². The number of unbranched alkanes of at least 4 members (excludes halogenated alkanes) is 2. The van der Waals surface area contributed by atoms with E-state index in [-0.39, 0.29) is 81.5 Å². The number of ether oxygens (including phenoxy) is 3. The SMILES string of the molecule is C=CCO[C@@]12Oc3ccc(O)cc3[C@H]3[C@H](CCCCO)[C@@H](CCCCO)C=C(C(=NOCC)C[C@@H]1N(CCOCCO)C(=O)C1CC1)[C@H]32. The fourth-order valence-corrected chi connectivity index (χ4v) is 8.11. The first-order valence-corrected chi connectivity index (χ1v) is 17.8. The molecule has 0 saturated heterocycles. The standard InChI is InChI=1S/C37H54N2O9/c1-3-19-46-37-33(39(15-20-45-21-18-42)36(44)25-11-12-25)24-31(38-47-4-2)29-22-26(9-5-7-16-40)28(10-6-8-17-41)34(35(29)37)30-23-27(43)13-14-32(30)48-37/h3,13-14,22-23,25-26,28,33-35,40-43H,1,4-12,15-21,24H2,2H3/t26-,28+,33-,34+,35+,37+/m0/s1. The molecule has 6 atom stereocenters. The highest BCUT2D eigenvalue weighted by Crippen LogP contribution is 2.62. The van der Waals surface area contributed by atoms with Crippen molar-refractivity contribution in [3.05, 3.63) is 48.1 Å². The van der Waals surface area contributed by atoms with Gasteiger partial charge in [-0.3, -0.25) is 4.79 Å². The largest absolute Gasteiger partial charge is 0.508 e. The number of rotatable bonds is 20. The molecule has 1 aromatic carbocycles. The molecule has 11 heteroatoms. The number of amides is 1. The van der Waals surface area contributed by atoms with E-state index in [4.69, 9.17) is 19.0 Å². The monoisotopic (exact) mass is 670 g/mol. The van der Waals surface area contributed by atoms with E-state index in [1.165, 1.54) is 0 Å². The maximum atomic E-state index is 14.2. The van der Waals surface area contributed by atoms with E-state index in [9.17, 15) is 25.2 Å². The quantitative estimate of drug-likeness (QED) is 0.0905. The number of phenols is 1. The lowest BCUT2D eigenvalue weighted by Crippen LogP contribution is -2.70. The molecule has 48 heavy (non-hydrogen) atoms. The molecule has 1 amide bonds. The molecule has 0 unspecified atom stereocenters. The van der Waals surface area contributed by atoms with Crippen molar-refractivity contribution in [2.45, 2.75) is 82.5 Å². The number of allylic oxidation sites excluding steroid dienone is 1. The molecule has 0 spiro atoms. The summed E-state index contributed by atoms with van der Waals surface area (Å²) < 4.78 is 19.7. The Balaban J connectivity index is 1.72. The van der Waals surface area contributed by atoms with Crippen molar-refractivity contribution >= 4 is 11.6 Å². The minimum atomic E-state index is -1.33. The van der Waals surface area contributed by atoms with Gasteiger partial charge in [-0.2, -0.15) is 0 Å². The van der Waals surface area contributed by atoms with Gasteiger partial charge < -0.3 is 44.4 Å². The van der Waals surface area contributed by atoms with Crippen molar-refractivity contribution in [3.8, 4) is 11.5 Å². The molecule has 3 aliphatic carbocycles. The maximum Gasteiger partial charge on any atom is 0.239 e. The number of nitrogens with zero attached hydrogens (tertiary/aromatic N) is 2. The Kier molecular flexibility index (Phi) is 13.0. The van der Waals surface area contributed by atoms with Crippen LogP contribution in [0.4, 0.5) is 0 Å². The third kappa shape index (κ3) is 7.75. The average Bonchev–Trinajstić information content (AvgIpc) is 3.94. The van der Waals surface area contributed by atoms with Crippen LogP contribution in [0.15, 0.2) is 47.7 Å². The van der Waals surface area contributed by atoms with Crippen molar-refractivity contribution in [1.29, 1.82) is 0 Å². The number of benzene rings is 1. The van der Waals surface area contributed by atoms with Gasteiger partial charge in [0.2, 0.25) is 11.7 Å². The number of hydrogen-bond donors (Lipinski definition) is 4. The topological polar surface area (TPSA) is 151 Å². The lowest BCUT2D eigenvalue weighted by atomic mass is 9.55. The summed E-state index contributed by atoms with van der Waals surface area (Å²) in [5.74, 6) is -1.03. The molecule has 5 rings (SSSR count). The highest BCUT2D eigenvalue weighted by molar-refractivity contribution is 6.03. The van der Waals surface area contributed by atoms with E-state index in [1.54, 1.807) is 24.3 Å². The minimum Gasteiger partial charge on any atom is -0.508 e. The zero-order chi connectivity index (χ0) is 34.1. The van der Waals surface area contributed by atoms with Gasteiger partial charge in [0.05, 0.1) is 38.1 Å². The van der Waals surface area contributed by atoms with Gasteiger partial charge in [-0.1, -0.05) is 30.1 Å². The summed E-state index contributed by atoms with van der Waals surface area (Å²) >= 11 is 0. The first-order valence-electron chi connectivity index (χ1n) is 17.8. The Labute approximate surface area is 284 Å². The van der Waals surface area contributed by atoms with Gasteiger partial charge in [0, 0.05) is 43.6 Å². The number of carbonyl (C=O) groups is 1. The number of fused-ring (bicyclic) bond motifs is 2. The van der Waals surface area contributed by atoms with Crippen LogP contribution >= 0.6 is 0 Å². The minimum absolute atomic E-state index is 0.0196. The molecule has 0 radical (unpaired) electrons. The van der Waals surface area contributed by atoms with Gasteiger partial charge in [0.25, 0.3) is 0 Å². The Morgan fingerprint density at radius 1 is 1.10 bits per heavy atom. The molecule has 1 aliphatic heterocycles. The number of phenolic OH excluding ortho intramolecular Hbond substituents is 1. The van der Waals surface area contributed by atoms with E-state index >= 15 is 0 Å². The first-order chi connectivity index (χ1) is 23.4. The number of carbonyl (C=O) groups excluding carboxylic acids is 1. The Morgan fingerprint density at radius 2 is 1.88 bits per heavy atom. The van der Waals surface area contributed by atoms with Crippen molar-refractivity contribution in [2.75, 3.05) is 52.8 Å². The molecule has 266 valence electrons. The summed E-state index contributed by atoms with van der Waals surface area (Å²) in [5, 5.41) is 44.2. The van der Waals surface area contributed by atoms with Gasteiger partial charge in [-0.05, 0) is 81.1 Å². The molecule has 2 saturated carbocycles. The number of aromatic hydroxyl groups is 1. The van der Waals surface area contributed by atoms with Crippen LogP contribution in [-0.2, 0) is 19.1 Å². The van der Waals surface area contributed by atoms with E-state index in [0.717, 1.165) is 55.4 Å². The van der Waals surface area contributed by atoms with Crippen LogP contribution in [-0.4, -0.2) is 102 Å². The van der Waals surface area contributed by atoms with Crippen molar-refractivity contribution in [1.82, 2.24) is 4.90 Å². The van der Waals surface area contributed by atoms with E-state index in [1.807, 2.05) is 11.8 Å². The fraction of sp³-hybridized carbons (Fsp3) is 0.676. The number of aliphatic hydroxyl groups is 3. The zero-order valence-electron chi connectivity index (χ0n) is 28.3. The Bertz CT molecular complexity index is 1300. The predicted molar refractivity (Wildman–Crippen MR) is 181 cm³/mol. The summed E-state index contributed by atoms with van der Waals surface area (Å²) in [6.45, 7) is 7.21. The molecular weight excluding hydrogens is 616 g/mol. The van der Waals surface area contributed by atoms with Crippen molar-refractivity contribution in [3.63, 3.8) is 0 Å². The van der Waals surface area contributed by atoms with Crippen LogP contribution in [0, 0.1) is 23.7 Å². The third-order valence-corrected chi connectivity index (χ3v) is 10.3. The molecule has 4 N–H and O–H groups in total. The first kappa shape index (κ1) is 36.3. The second kappa shape index (κ2) is 17.1. The van der Waals surface area contributed by atoms with Gasteiger partial charge in [-0.25, -0.2) is 0 Å². The average molecular weight is 671 g/mol. The molecule has 1 aromatic rings. The summed E-state index contributed by atoms with van der Waals surface area (Å²) in [6, 6.07) is 4.61. The van der Waals surface area contributed by atoms with Crippen molar-refractivity contribution < 1.29 is 44.3 Å². The zero-order valence-corrected chi connectivity index (χ0v) is 28.3. The van der Waals surface area contributed by atoms with Gasteiger partial charge >= 0.3 is 0 Å². The van der Waals surface area contributed by atoms with Gasteiger partial charge in [-0.15, -0.1) is 6.58 Å². The van der Waals surface area contributed by atoms with Crippen LogP contribution < -0.4 is 4.74 Å². The maximum absolute atomic E-state index is 14.2. The molecule has 0 aromatic heterocycles. The predicted octanol–water partition coefficient (Wildman–Crippen LogP) is 4.29. The second-order valence-corrected chi connectivity index (χ2v) is 13.4. The van der Waals surface area contributed by atoms with Crippen molar-refractivity contribution in [2.24, 2.45) is 28.8 Å². The Morgan fingerprint density at radius 3 is 2.56 bits per heavy atom. The highest BCUT2D eigenvalue weighted by atomic mass is 16.7. The lowest BCUT2D eigenvalue weighted by Gasteiger charge is -2.60. The molecule has 0 bridgehead atoms. The van der Waals surface area contributed by atoms with Crippen LogP contribution in [0.1, 0.15) is 76.2 Å². The van der Waals surface area contributed by atoms with E-state index in [2.05, 4.69) is 17.8 Å². The molecule has 4 aliphatic rings. The second-order valence-electron chi connectivity index (χ2n) is 13.4. The number of aliphatic hydroxyl groups excluding tert-OH is 3. The summed E-state index contributed by atoms with van der Waals surface area (Å²) in [7, 11) is 0. The summed E-state index contributed by atoms with van der Waals surface area (Å²) in [5.41, 5.74) is 2.59. The fourth-order valence-electron chi connectivity index (χ4n) is 8.11. The summed E-state index contributed by atoms with van der Waals surface area (Å²) in [4.78, 5) is 21.8. The smallest absolute Gasteiger partial charge is 0.239 e. The van der Waals surface area contributed by atoms with Gasteiger partial charge in [0.15, 0.2) is 0 Å². The van der Waals surface area contributed by atoms with Crippen LogP contribution in [0.3, 0.4) is 0 Å². The van der Waals surface area contributed by atoms with E-state index in [0.29, 0.717) is 31.6 Å². The Hall–Kier alpha value is -2.96. The normalized spacial score (nSPS) is 28.2. The lowest BCUT2D eigenvalue weighted by molar-refractivity contribution is -0.258.